The van der Waals surface area contributed by atoms with Crippen LogP contribution in [0.5, 0.6) is 0 Å². The number of hydrogen-bond acceptors (Lipinski definition) is 4. The average molecular weight is 253 g/mol. The summed E-state index contributed by atoms with van der Waals surface area (Å²) in [4.78, 5) is 15.1. The Morgan fingerprint density at radius 3 is 2.25 bits per heavy atom. The maximum atomic E-state index is 12.2. The molecule has 1 aromatic rings. The van der Waals surface area contributed by atoms with Crippen LogP contribution in [-0.2, 0) is 15.5 Å². The number of alkyl halides is 3. The number of carbonyl (C=O) groups excluding carboxylic acids is 1. The summed E-state index contributed by atoms with van der Waals surface area (Å²) in [5.74, 6) is -0.747. The molecule has 16 heavy (non-hydrogen) atoms. The summed E-state index contributed by atoms with van der Waals surface area (Å²) in [5.41, 5.74) is 0.949. The van der Waals surface area contributed by atoms with E-state index in [1.807, 2.05) is 0 Å². The lowest BCUT2D eigenvalue weighted by atomic mass is 10.1. The average Bonchev–Trinajstić information content (AvgIpc) is 2.25. The Morgan fingerprint density at radius 1 is 1.25 bits per heavy atom. The van der Waals surface area contributed by atoms with Crippen molar-refractivity contribution in [1.82, 2.24) is 5.48 Å². The minimum absolute atomic E-state index is 0.00150. The van der Waals surface area contributed by atoms with Gasteiger partial charge in [-0.2, -0.15) is 18.7 Å². The van der Waals surface area contributed by atoms with Gasteiger partial charge < -0.3 is 0 Å². The molecule has 0 heterocycles. The van der Waals surface area contributed by atoms with Crippen molar-refractivity contribution in [2.45, 2.75) is 6.18 Å². The maximum absolute atomic E-state index is 12.2. The molecule has 0 atom stereocenters. The largest absolute Gasteiger partial charge is 0.416 e. The number of hydrogen-bond donors (Lipinski definition) is 2. The SMILES string of the molecule is O=C(NOOS)c1ccc(C(F)(F)F)cc1. The van der Waals surface area contributed by atoms with Crippen molar-refractivity contribution >= 4 is 18.8 Å². The highest BCUT2D eigenvalue weighted by molar-refractivity contribution is 7.74. The van der Waals surface area contributed by atoms with E-state index in [1.165, 1.54) is 0 Å². The molecule has 0 radical (unpaired) electrons. The van der Waals surface area contributed by atoms with Crippen molar-refractivity contribution in [2.75, 3.05) is 0 Å². The number of hydroxylamine groups is 1. The number of thiol groups is 1. The van der Waals surface area contributed by atoms with Crippen LogP contribution in [0.3, 0.4) is 0 Å². The number of nitrogens with one attached hydrogen (secondary N) is 1. The first kappa shape index (κ1) is 12.8. The fourth-order valence-electron chi connectivity index (χ4n) is 0.926. The van der Waals surface area contributed by atoms with Gasteiger partial charge in [0.05, 0.1) is 5.56 Å². The molecule has 4 nitrogen and oxygen atoms in total. The summed E-state index contributed by atoms with van der Waals surface area (Å²) in [5, 5.41) is 0. The van der Waals surface area contributed by atoms with E-state index in [2.05, 4.69) is 22.2 Å². The molecule has 0 aliphatic carbocycles. The third-order valence-corrected chi connectivity index (χ3v) is 1.72. The zero-order chi connectivity index (χ0) is 12.2. The van der Waals surface area contributed by atoms with Crippen molar-refractivity contribution in [1.29, 1.82) is 0 Å². The van der Waals surface area contributed by atoms with Crippen LogP contribution in [0.15, 0.2) is 24.3 Å². The lowest BCUT2D eigenvalue weighted by Crippen LogP contribution is -2.22. The molecule has 0 aliphatic rings. The first-order valence-electron chi connectivity index (χ1n) is 3.90. The predicted octanol–water partition coefficient (Wildman–Crippen LogP) is 2.14. The molecule has 88 valence electrons. The standard InChI is InChI=1S/C8H6F3NO3S/c9-8(10,11)6-3-1-5(2-4-6)7(13)12-14-15-16/h1-4,16H,(H,12,13). The maximum Gasteiger partial charge on any atom is 0.416 e. The number of benzene rings is 1. The Balaban J connectivity index is 2.75. The van der Waals surface area contributed by atoms with Crippen molar-refractivity contribution < 1.29 is 27.3 Å². The molecular weight excluding hydrogens is 247 g/mol. The molecule has 0 spiro atoms. The van der Waals surface area contributed by atoms with Crippen LogP contribution < -0.4 is 5.48 Å². The monoisotopic (exact) mass is 253 g/mol. The second-order valence-electron chi connectivity index (χ2n) is 2.66. The van der Waals surface area contributed by atoms with E-state index < -0.39 is 17.6 Å². The van der Waals surface area contributed by atoms with Gasteiger partial charge in [-0.25, -0.2) is 0 Å². The van der Waals surface area contributed by atoms with Gasteiger partial charge >= 0.3 is 6.18 Å². The number of amides is 1. The molecular formula is C8H6F3NO3S. The van der Waals surface area contributed by atoms with Gasteiger partial charge in [0.2, 0.25) is 0 Å². The van der Waals surface area contributed by atoms with E-state index >= 15 is 0 Å². The first-order chi connectivity index (χ1) is 7.45. The first-order valence-corrected chi connectivity index (χ1v) is 4.26. The van der Waals surface area contributed by atoms with Crippen LogP contribution in [0.4, 0.5) is 13.2 Å². The van der Waals surface area contributed by atoms with E-state index in [0.29, 0.717) is 0 Å². The van der Waals surface area contributed by atoms with Crippen LogP contribution >= 0.6 is 12.9 Å². The fourth-order valence-corrected chi connectivity index (χ4v) is 0.963. The van der Waals surface area contributed by atoms with Crippen molar-refractivity contribution in [3.8, 4) is 0 Å². The Kier molecular flexibility index (Phi) is 4.16. The minimum atomic E-state index is -4.43. The molecule has 0 saturated carbocycles. The molecule has 1 N–H and O–H groups in total. The molecule has 0 aromatic heterocycles. The Morgan fingerprint density at radius 2 is 1.81 bits per heavy atom. The second kappa shape index (κ2) is 5.19. The predicted molar refractivity (Wildman–Crippen MR) is 50.1 cm³/mol. The summed E-state index contributed by atoms with van der Waals surface area (Å²) in [6, 6.07) is 3.60. The Bertz CT molecular complexity index is 366. The third-order valence-electron chi connectivity index (χ3n) is 1.65. The van der Waals surface area contributed by atoms with Gasteiger partial charge in [-0.05, 0) is 24.3 Å². The molecule has 0 saturated heterocycles. The van der Waals surface area contributed by atoms with Gasteiger partial charge in [0.25, 0.3) is 5.91 Å². The van der Waals surface area contributed by atoms with Crippen molar-refractivity contribution in [3.63, 3.8) is 0 Å². The topological polar surface area (TPSA) is 47.6 Å². The molecule has 1 aromatic carbocycles. The molecule has 8 heteroatoms. The van der Waals surface area contributed by atoms with Crippen LogP contribution in [0, 0.1) is 0 Å². The Labute approximate surface area is 93.8 Å². The van der Waals surface area contributed by atoms with E-state index in [1.54, 1.807) is 5.48 Å². The van der Waals surface area contributed by atoms with Crippen LogP contribution in [0.2, 0.25) is 0 Å². The number of halogens is 3. The van der Waals surface area contributed by atoms with E-state index in [4.69, 9.17) is 0 Å². The lowest BCUT2D eigenvalue weighted by molar-refractivity contribution is -0.227. The minimum Gasteiger partial charge on any atom is -0.267 e. The van der Waals surface area contributed by atoms with Gasteiger partial charge in [-0.1, -0.05) is 4.99 Å². The highest BCUT2D eigenvalue weighted by Crippen LogP contribution is 2.28. The van der Waals surface area contributed by atoms with Crippen molar-refractivity contribution in [3.05, 3.63) is 35.4 Å². The van der Waals surface area contributed by atoms with Gasteiger partial charge in [0.1, 0.15) is 0 Å². The molecule has 1 amide bonds. The third kappa shape index (κ3) is 3.40. The zero-order valence-corrected chi connectivity index (χ0v) is 8.51. The lowest BCUT2D eigenvalue weighted by Gasteiger charge is -2.07. The summed E-state index contributed by atoms with van der Waals surface area (Å²) < 4.78 is 40.3. The van der Waals surface area contributed by atoms with Gasteiger partial charge in [0.15, 0.2) is 0 Å². The van der Waals surface area contributed by atoms with E-state index in [9.17, 15) is 18.0 Å². The van der Waals surface area contributed by atoms with Crippen LogP contribution in [0.1, 0.15) is 15.9 Å². The molecule has 0 unspecified atom stereocenters. The highest BCUT2D eigenvalue weighted by atomic mass is 32.1. The summed E-state index contributed by atoms with van der Waals surface area (Å²) >= 11 is 3.18. The quantitative estimate of drug-likeness (QED) is 0.375. The van der Waals surface area contributed by atoms with E-state index in [0.717, 1.165) is 24.3 Å². The fraction of sp³-hybridized carbons (Fsp3) is 0.125. The number of rotatable bonds is 3. The smallest absolute Gasteiger partial charge is 0.267 e. The molecule has 1 rings (SSSR count). The second-order valence-corrected chi connectivity index (χ2v) is 2.81. The van der Waals surface area contributed by atoms with Gasteiger partial charge in [-0.15, -0.1) is 4.33 Å². The van der Waals surface area contributed by atoms with Gasteiger partial charge in [-0.3, -0.25) is 4.79 Å². The molecule has 0 bridgehead atoms. The zero-order valence-electron chi connectivity index (χ0n) is 7.62. The highest BCUT2D eigenvalue weighted by Gasteiger charge is 2.30. The van der Waals surface area contributed by atoms with Gasteiger partial charge in [0, 0.05) is 18.5 Å². The van der Waals surface area contributed by atoms with Crippen LogP contribution in [-0.4, -0.2) is 5.91 Å². The number of carbonyl (C=O) groups is 1. The molecule has 0 aliphatic heterocycles. The van der Waals surface area contributed by atoms with Crippen molar-refractivity contribution in [2.24, 2.45) is 0 Å². The normalized spacial score (nSPS) is 11.2. The Hall–Kier alpha value is -1.25. The molecule has 0 fully saturated rings. The van der Waals surface area contributed by atoms with E-state index in [-0.39, 0.29) is 5.56 Å². The van der Waals surface area contributed by atoms with Crippen LogP contribution in [0.25, 0.3) is 0 Å². The summed E-state index contributed by atoms with van der Waals surface area (Å²) in [6.45, 7) is 0. The summed E-state index contributed by atoms with van der Waals surface area (Å²) in [6.07, 6.45) is -4.43. The summed E-state index contributed by atoms with van der Waals surface area (Å²) in [7, 11) is 0.